The predicted molar refractivity (Wildman–Crippen MR) is 53.6 cm³/mol. The summed E-state index contributed by atoms with van der Waals surface area (Å²) in [6.45, 7) is 0. The van der Waals surface area contributed by atoms with Crippen molar-refractivity contribution in [3.8, 4) is 11.3 Å². The third-order valence-corrected chi connectivity index (χ3v) is 2.54. The zero-order valence-corrected chi connectivity index (χ0v) is 8.01. The van der Waals surface area contributed by atoms with Crippen molar-refractivity contribution in [1.82, 2.24) is 15.4 Å². The van der Waals surface area contributed by atoms with Crippen LogP contribution in [-0.2, 0) is 0 Å². The summed E-state index contributed by atoms with van der Waals surface area (Å²) in [5.41, 5.74) is 1.97. The van der Waals surface area contributed by atoms with Gasteiger partial charge in [-0.1, -0.05) is 12.1 Å². The molecule has 0 atom stereocenters. The number of nitrogens with one attached hydrogen (secondary N) is 1. The van der Waals surface area contributed by atoms with Crippen molar-refractivity contribution in [2.75, 3.05) is 6.26 Å². The Balaban J connectivity index is 2.33. The molecule has 0 aliphatic carbocycles. The molecule has 13 heavy (non-hydrogen) atoms. The van der Waals surface area contributed by atoms with Gasteiger partial charge in [0.05, 0.1) is 6.20 Å². The molecular weight excluding hydrogens is 182 g/mol. The average molecular weight is 191 g/mol. The number of hydrogen-bond donors (Lipinski definition) is 1. The zero-order chi connectivity index (χ0) is 9.10. The van der Waals surface area contributed by atoms with Crippen molar-refractivity contribution in [3.63, 3.8) is 0 Å². The Morgan fingerprint density at radius 3 is 2.54 bits per heavy atom. The fourth-order valence-corrected chi connectivity index (χ4v) is 1.51. The van der Waals surface area contributed by atoms with Gasteiger partial charge >= 0.3 is 0 Å². The first-order valence-electron chi connectivity index (χ1n) is 3.90. The molecule has 0 amide bonds. The Kier molecular flexibility index (Phi) is 2.31. The van der Waals surface area contributed by atoms with Gasteiger partial charge in [-0.25, -0.2) is 0 Å². The molecule has 0 unspecified atom stereocenters. The highest BCUT2D eigenvalue weighted by Crippen LogP contribution is 2.20. The van der Waals surface area contributed by atoms with Crippen LogP contribution in [0.25, 0.3) is 11.3 Å². The number of aromatic nitrogens is 3. The number of aromatic amines is 1. The molecule has 2 rings (SSSR count). The predicted octanol–water partition coefficient (Wildman–Crippen LogP) is 2.19. The lowest BCUT2D eigenvalue weighted by molar-refractivity contribution is 0.942. The molecule has 0 bridgehead atoms. The average Bonchev–Trinajstić information content (AvgIpc) is 2.71. The van der Waals surface area contributed by atoms with Crippen molar-refractivity contribution in [3.05, 3.63) is 30.5 Å². The maximum absolute atomic E-state index is 4.00. The molecule has 2 aromatic rings. The van der Waals surface area contributed by atoms with Crippen LogP contribution in [-0.4, -0.2) is 21.7 Å². The number of benzene rings is 1. The van der Waals surface area contributed by atoms with Gasteiger partial charge in [-0.05, 0) is 18.4 Å². The largest absolute Gasteiger partial charge is 0.197 e. The molecule has 4 heteroatoms. The van der Waals surface area contributed by atoms with Crippen LogP contribution in [0.4, 0.5) is 0 Å². The molecule has 66 valence electrons. The van der Waals surface area contributed by atoms with Crippen LogP contribution in [0.15, 0.2) is 35.4 Å². The standard InChI is InChI=1S/C9H9N3S/c1-13-8-4-2-7(3-5-8)9-6-10-12-11-9/h2-6H,1H3,(H,10,11,12). The summed E-state index contributed by atoms with van der Waals surface area (Å²) in [6.07, 6.45) is 3.78. The van der Waals surface area contributed by atoms with E-state index < -0.39 is 0 Å². The summed E-state index contributed by atoms with van der Waals surface area (Å²) in [5.74, 6) is 0. The number of hydrogen-bond acceptors (Lipinski definition) is 3. The van der Waals surface area contributed by atoms with Crippen molar-refractivity contribution in [2.24, 2.45) is 0 Å². The molecule has 0 aliphatic heterocycles. The minimum absolute atomic E-state index is 0.882. The number of nitrogens with zero attached hydrogens (tertiary/aromatic N) is 2. The first-order valence-corrected chi connectivity index (χ1v) is 5.13. The van der Waals surface area contributed by atoms with Crippen LogP contribution in [0.5, 0.6) is 0 Å². The van der Waals surface area contributed by atoms with Gasteiger partial charge < -0.3 is 0 Å². The highest BCUT2D eigenvalue weighted by atomic mass is 32.2. The van der Waals surface area contributed by atoms with Crippen molar-refractivity contribution < 1.29 is 0 Å². The smallest absolute Gasteiger partial charge is 0.112 e. The third kappa shape index (κ3) is 1.72. The van der Waals surface area contributed by atoms with E-state index in [-0.39, 0.29) is 0 Å². The van der Waals surface area contributed by atoms with Crippen LogP contribution in [0.1, 0.15) is 0 Å². The van der Waals surface area contributed by atoms with E-state index in [1.165, 1.54) is 4.90 Å². The maximum atomic E-state index is 4.00. The first-order chi connectivity index (χ1) is 6.40. The van der Waals surface area contributed by atoms with Gasteiger partial charge in [-0.2, -0.15) is 15.4 Å². The Morgan fingerprint density at radius 2 is 2.00 bits per heavy atom. The molecule has 1 aromatic heterocycles. The summed E-state index contributed by atoms with van der Waals surface area (Å²) in [6, 6.07) is 8.25. The van der Waals surface area contributed by atoms with Crippen molar-refractivity contribution >= 4 is 11.8 Å². The minimum atomic E-state index is 0.882. The van der Waals surface area contributed by atoms with Crippen LogP contribution in [0.3, 0.4) is 0 Å². The maximum Gasteiger partial charge on any atom is 0.112 e. The first kappa shape index (κ1) is 8.31. The Hall–Kier alpha value is -1.29. The number of rotatable bonds is 2. The molecule has 1 aromatic carbocycles. The van der Waals surface area contributed by atoms with E-state index in [0.29, 0.717) is 0 Å². The SMILES string of the molecule is CSc1ccc(-c2cn[nH]n2)cc1. The lowest BCUT2D eigenvalue weighted by Crippen LogP contribution is -1.77. The highest BCUT2D eigenvalue weighted by molar-refractivity contribution is 7.98. The van der Waals surface area contributed by atoms with E-state index in [9.17, 15) is 0 Å². The minimum Gasteiger partial charge on any atom is -0.197 e. The van der Waals surface area contributed by atoms with Crippen LogP contribution < -0.4 is 0 Å². The van der Waals surface area contributed by atoms with Gasteiger partial charge in [0.15, 0.2) is 0 Å². The van der Waals surface area contributed by atoms with Crippen LogP contribution in [0, 0.1) is 0 Å². The van der Waals surface area contributed by atoms with E-state index in [0.717, 1.165) is 11.3 Å². The third-order valence-electron chi connectivity index (χ3n) is 1.80. The lowest BCUT2D eigenvalue weighted by atomic mass is 10.2. The summed E-state index contributed by atoms with van der Waals surface area (Å²) in [7, 11) is 0. The molecule has 0 saturated carbocycles. The number of thioether (sulfide) groups is 1. The summed E-state index contributed by atoms with van der Waals surface area (Å²) < 4.78 is 0. The fraction of sp³-hybridized carbons (Fsp3) is 0.111. The van der Waals surface area contributed by atoms with E-state index in [1.54, 1.807) is 18.0 Å². The second-order valence-electron chi connectivity index (χ2n) is 2.58. The molecule has 3 nitrogen and oxygen atoms in total. The van der Waals surface area contributed by atoms with Gasteiger partial charge in [-0.3, -0.25) is 0 Å². The van der Waals surface area contributed by atoms with Gasteiger partial charge in [0, 0.05) is 10.5 Å². The molecule has 0 radical (unpaired) electrons. The molecule has 0 aliphatic rings. The van der Waals surface area contributed by atoms with Crippen molar-refractivity contribution in [2.45, 2.75) is 4.90 Å². The van der Waals surface area contributed by atoms with E-state index in [2.05, 4.69) is 33.8 Å². The Bertz CT molecular complexity index is 366. The molecular formula is C9H9N3S. The van der Waals surface area contributed by atoms with E-state index in [4.69, 9.17) is 0 Å². The van der Waals surface area contributed by atoms with Gasteiger partial charge in [0.25, 0.3) is 0 Å². The molecule has 0 saturated heterocycles. The molecule has 1 heterocycles. The molecule has 0 fully saturated rings. The summed E-state index contributed by atoms with van der Waals surface area (Å²) >= 11 is 1.73. The van der Waals surface area contributed by atoms with Crippen LogP contribution in [0.2, 0.25) is 0 Å². The van der Waals surface area contributed by atoms with Crippen LogP contribution >= 0.6 is 11.8 Å². The van der Waals surface area contributed by atoms with Gasteiger partial charge in [0.1, 0.15) is 5.69 Å². The summed E-state index contributed by atoms with van der Waals surface area (Å²) in [4.78, 5) is 1.26. The van der Waals surface area contributed by atoms with E-state index in [1.807, 2.05) is 12.1 Å². The zero-order valence-electron chi connectivity index (χ0n) is 7.19. The molecule has 0 spiro atoms. The van der Waals surface area contributed by atoms with Gasteiger partial charge in [0.2, 0.25) is 0 Å². The molecule has 1 N–H and O–H groups in total. The second kappa shape index (κ2) is 3.62. The topological polar surface area (TPSA) is 41.6 Å². The quantitative estimate of drug-likeness (QED) is 0.740. The van der Waals surface area contributed by atoms with Gasteiger partial charge in [-0.15, -0.1) is 11.8 Å². The Morgan fingerprint density at radius 1 is 1.23 bits per heavy atom. The lowest BCUT2D eigenvalue weighted by Gasteiger charge is -1.97. The monoisotopic (exact) mass is 191 g/mol. The normalized spacial score (nSPS) is 10.2. The fourth-order valence-electron chi connectivity index (χ4n) is 1.10. The van der Waals surface area contributed by atoms with Crippen molar-refractivity contribution in [1.29, 1.82) is 0 Å². The Labute approximate surface area is 80.6 Å². The highest BCUT2D eigenvalue weighted by Gasteiger charge is 1.99. The number of H-pyrrole nitrogens is 1. The van der Waals surface area contributed by atoms with E-state index >= 15 is 0 Å². The summed E-state index contributed by atoms with van der Waals surface area (Å²) in [5, 5.41) is 10.4. The second-order valence-corrected chi connectivity index (χ2v) is 3.46.